The first-order chi connectivity index (χ1) is 27.8. The van der Waals surface area contributed by atoms with Crippen LogP contribution in [-0.2, 0) is 19.1 Å². The highest BCUT2D eigenvalue weighted by Gasteiger charge is 2.20. The van der Waals surface area contributed by atoms with Crippen molar-refractivity contribution in [2.75, 3.05) is 13.2 Å². The van der Waals surface area contributed by atoms with E-state index >= 15 is 0 Å². The molecule has 0 fully saturated rings. The Labute approximate surface area is 340 Å². The summed E-state index contributed by atoms with van der Waals surface area (Å²) in [6.45, 7) is 19.2. The minimum atomic E-state index is -0.869. The van der Waals surface area contributed by atoms with Gasteiger partial charge >= 0.3 is 11.9 Å². The maximum Gasteiger partial charge on any atom is 0.336 e. The van der Waals surface area contributed by atoms with Gasteiger partial charge in [0.25, 0.3) is 0 Å². The van der Waals surface area contributed by atoms with Gasteiger partial charge in [-0.1, -0.05) is 73.8 Å². The molecule has 0 aliphatic rings. The molecule has 6 aromatic rings. The van der Waals surface area contributed by atoms with E-state index in [1.54, 1.807) is 13.8 Å². The van der Waals surface area contributed by atoms with Crippen molar-refractivity contribution in [2.45, 2.75) is 67.0 Å². The molecule has 8 heteroatoms. The van der Waals surface area contributed by atoms with Crippen molar-refractivity contribution in [3.8, 4) is 34.1 Å². The number of hydrogen-bond acceptors (Lipinski definition) is 8. The number of rotatable bonds is 17. The molecule has 0 bridgehead atoms. The molecule has 2 unspecified atom stereocenters. The van der Waals surface area contributed by atoms with Crippen LogP contribution in [-0.4, -0.2) is 37.7 Å². The Morgan fingerprint density at radius 3 is 1.19 bits per heavy atom. The lowest BCUT2D eigenvalue weighted by Gasteiger charge is -2.21. The van der Waals surface area contributed by atoms with Crippen molar-refractivity contribution >= 4 is 33.5 Å². The Hall–Kier alpha value is -6.54. The van der Waals surface area contributed by atoms with Gasteiger partial charge in [-0.2, -0.15) is 0 Å². The van der Waals surface area contributed by atoms with Gasteiger partial charge in [-0.3, -0.25) is 0 Å². The third kappa shape index (κ3) is 10.4. The predicted molar refractivity (Wildman–Crippen MR) is 230 cm³/mol. The highest BCUT2D eigenvalue weighted by molar-refractivity contribution is 5.88. The van der Waals surface area contributed by atoms with Crippen molar-refractivity contribution in [2.24, 2.45) is 0 Å². The van der Waals surface area contributed by atoms with Gasteiger partial charge in [0.2, 0.25) is 12.6 Å². The summed E-state index contributed by atoms with van der Waals surface area (Å²) < 4.78 is 36.2. The molecule has 58 heavy (non-hydrogen) atoms. The molecule has 8 nitrogen and oxygen atoms in total. The summed E-state index contributed by atoms with van der Waals surface area (Å²) in [4.78, 5) is 25.0. The normalized spacial score (nSPS) is 12.0. The maximum absolute atomic E-state index is 12.5. The number of benzene rings is 6. The number of esters is 2. The Bertz CT molecular complexity index is 2260. The first-order valence-electron chi connectivity index (χ1n) is 19.4. The second kappa shape index (κ2) is 18.6. The van der Waals surface area contributed by atoms with E-state index in [0.717, 1.165) is 66.4 Å². The maximum atomic E-state index is 12.5. The molecular weight excluding hydrogens is 729 g/mol. The molecule has 0 N–H and O–H groups in total. The number of carbonyl (C=O) groups is 2. The minimum absolute atomic E-state index is 0.257. The van der Waals surface area contributed by atoms with E-state index in [9.17, 15) is 9.59 Å². The number of ether oxygens (including phenoxy) is 6. The summed E-state index contributed by atoms with van der Waals surface area (Å²) in [5, 5.41) is 4.23. The second-order valence-corrected chi connectivity index (χ2v) is 14.6. The summed E-state index contributed by atoms with van der Waals surface area (Å²) in [6, 6.07) is 35.9. The standard InChI is InChI=1S/C50H50O8/c1-31(2)49(51)57-45(55-43-19-17-37-13-9-11-15-39(37)29-43)21-23-53-47-33(5)25-41(26-34(47)6)42-27-35(7)48(36(8)28-42)54-24-22-46(58-50(52)32(3)4)56-44-20-18-38-14-10-12-16-40(38)30-44/h9-20,25-30,45-46H,1,3,21-24H2,2,4-8H3. The molecule has 0 aliphatic heterocycles. The van der Waals surface area contributed by atoms with Crippen LogP contribution in [0.15, 0.2) is 133 Å². The largest absolute Gasteiger partial charge is 0.493 e. The average molecular weight is 779 g/mol. The molecule has 0 amide bonds. The fraction of sp³-hybridized carbons (Fsp3) is 0.240. The van der Waals surface area contributed by atoms with Gasteiger partial charge in [-0.15, -0.1) is 0 Å². The van der Waals surface area contributed by atoms with Gasteiger partial charge in [0.1, 0.15) is 23.0 Å². The van der Waals surface area contributed by atoms with Crippen molar-refractivity contribution in [3.05, 3.63) is 156 Å². The topological polar surface area (TPSA) is 89.5 Å². The molecule has 298 valence electrons. The van der Waals surface area contributed by atoms with Crippen LogP contribution in [0.2, 0.25) is 0 Å². The van der Waals surface area contributed by atoms with Crippen molar-refractivity contribution < 1.29 is 38.0 Å². The van der Waals surface area contributed by atoms with Crippen molar-refractivity contribution in [1.29, 1.82) is 0 Å². The van der Waals surface area contributed by atoms with Crippen LogP contribution in [0, 0.1) is 27.7 Å². The van der Waals surface area contributed by atoms with Gasteiger partial charge in [0.05, 0.1) is 26.1 Å². The number of hydrogen-bond donors (Lipinski definition) is 0. The van der Waals surface area contributed by atoms with Crippen LogP contribution in [0.3, 0.4) is 0 Å². The van der Waals surface area contributed by atoms with E-state index in [0.29, 0.717) is 24.3 Å². The lowest BCUT2D eigenvalue weighted by molar-refractivity contribution is -0.161. The second-order valence-electron chi connectivity index (χ2n) is 14.6. The van der Waals surface area contributed by atoms with Gasteiger partial charge < -0.3 is 28.4 Å². The van der Waals surface area contributed by atoms with Crippen molar-refractivity contribution in [3.63, 3.8) is 0 Å². The molecule has 0 aromatic heterocycles. The van der Waals surface area contributed by atoms with Gasteiger partial charge in [0, 0.05) is 11.1 Å². The first kappa shape index (κ1) is 41.1. The van der Waals surface area contributed by atoms with Crippen LogP contribution < -0.4 is 18.9 Å². The molecule has 2 atom stereocenters. The Morgan fingerprint density at radius 1 is 0.500 bits per heavy atom. The summed E-state index contributed by atoms with van der Waals surface area (Å²) in [5.74, 6) is 1.67. The van der Waals surface area contributed by atoms with Crippen molar-refractivity contribution in [1.82, 2.24) is 0 Å². The van der Waals surface area contributed by atoms with E-state index < -0.39 is 24.5 Å². The molecule has 0 saturated carbocycles. The monoisotopic (exact) mass is 778 g/mol. The van der Waals surface area contributed by atoms with E-state index in [1.165, 1.54) is 0 Å². The van der Waals surface area contributed by atoms with Gasteiger partial charge in [0.15, 0.2) is 0 Å². The molecule has 0 spiro atoms. The Morgan fingerprint density at radius 2 is 0.845 bits per heavy atom. The highest BCUT2D eigenvalue weighted by Crippen LogP contribution is 2.35. The lowest BCUT2D eigenvalue weighted by Crippen LogP contribution is -2.27. The van der Waals surface area contributed by atoms with E-state index in [-0.39, 0.29) is 24.4 Å². The van der Waals surface area contributed by atoms with Crippen LogP contribution in [0.25, 0.3) is 32.7 Å². The quantitative estimate of drug-likeness (QED) is 0.0514. The summed E-state index contributed by atoms with van der Waals surface area (Å²) in [5.41, 5.74) is 6.55. The summed E-state index contributed by atoms with van der Waals surface area (Å²) >= 11 is 0. The van der Waals surface area contributed by atoms with E-state index in [2.05, 4.69) is 37.4 Å². The number of fused-ring (bicyclic) bond motifs is 2. The number of carbonyl (C=O) groups excluding carboxylic acids is 2. The molecule has 6 rings (SSSR count). The Balaban J connectivity index is 1.10. The number of aryl methyl sites for hydroxylation is 4. The highest BCUT2D eigenvalue weighted by atomic mass is 16.7. The summed E-state index contributed by atoms with van der Waals surface area (Å²) in [6.07, 6.45) is -1.13. The zero-order chi connectivity index (χ0) is 41.3. The first-order valence-corrected chi connectivity index (χ1v) is 19.4. The fourth-order valence-corrected chi connectivity index (χ4v) is 6.71. The van der Waals surface area contributed by atoms with E-state index in [1.807, 2.05) is 113 Å². The molecule has 0 heterocycles. The molecule has 0 aliphatic carbocycles. The fourth-order valence-electron chi connectivity index (χ4n) is 6.71. The SMILES string of the molecule is C=C(C)C(=O)OC(CCOc1c(C)cc(-c2cc(C)c(OCCC(OC(=O)C(=C)C)Oc3ccc4ccccc4c3)c(C)c2)cc1C)Oc1ccc2ccccc2c1. The molecule has 6 aromatic carbocycles. The zero-order valence-corrected chi connectivity index (χ0v) is 34.1. The third-order valence-corrected chi connectivity index (χ3v) is 9.60. The minimum Gasteiger partial charge on any atom is -0.493 e. The van der Waals surface area contributed by atoms with Gasteiger partial charge in [-0.05, 0) is 145 Å². The lowest BCUT2D eigenvalue weighted by atomic mass is 9.96. The Kier molecular flexibility index (Phi) is 13.2. The zero-order valence-electron chi connectivity index (χ0n) is 34.1. The summed E-state index contributed by atoms with van der Waals surface area (Å²) in [7, 11) is 0. The third-order valence-electron chi connectivity index (χ3n) is 9.60. The van der Waals surface area contributed by atoms with Crippen LogP contribution in [0.5, 0.6) is 23.0 Å². The van der Waals surface area contributed by atoms with E-state index in [4.69, 9.17) is 28.4 Å². The smallest absolute Gasteiger partial charge is 0.336 e. The van der Waals surface area contributed by atoms with Gasteiger partial charge in [-0.25, -0.2) is 9.59 Å². The van der Waals surface area contributed by atoms with Crippen LogP contribution >= 0.6 is 0 Å². The predicted octanol–water partition coefficient (Wildman–Crippen LogP) is 11.5. The molecular formula is C50H50O8. The molecule has 0 saturated heterocycles. The van der Waals surface area contributed by atoms with Crippen LogP contribution in [0.1, 0.15) is 48.9 Å². The van der Waals surface area contributed by atoms with Crippen LogP contribution in [0.4, 0.5) is 0 Å². The molecule has 0 radical (unpaired) electrons. The average Bonchev–Trinajstić information content (AvgIpc) is 3.19.